The summed E-state index contributed by atoms with van der Waals surface area (Å²) in [5.74, 6) is -1.84. The number of pyridine rings is 1. The Bertz CT molecular complexity index is 792. The van der Waals surface area contributed by atoms with Crippen LogP contribution in [0.15, 0.2) is 12.3 Å². The summed E-state index contributed by atoms with van der Waals surface area (Å²) in [6.45, 7) is -0.344. The fraction of sp³-hybridized carbons (Fsp3) is 0.364. The highest BCUT2D eigenvalue weighted by atomic mass is 32.2. The molecule has 0 aliphatic carbocycles. The molecular formula is C11H12N4O7S. The van der Waals surface area contributed by atoms with E-state index in [-0.39, 0.29) is 17.9 Å². The van der Waals surface area contributed by atoms with E-state index in [2.05, 4.69) is 9.72 Å². The maximum absolute atomic E-state index is 11.9. The van der Waals surface area contributed by atoms with Gasteiger partial charge in [-0.2, -0.15) is 0 Å². The van der Waals surface area contributed by atoms with Gasteiger partial charge in [-0.05, 0) is 0 Å². The van der Waals surface area contributed by atoms with Crippen molar-refractivity contribution in [3.63, 3.8) is 0 Å². The molecule has 0 aromatic carbocycles. The van der Waals surface area contributed by atoms with Crippen LogP contribution in [0.4, 0.5) is 11.5 Å². The summed E-state index contributed by atoms with van der Waals surface area (Å²) < 4.78 is 27.1. The van der Waals surface area contributed by atoms with Crippen LogP contribution in [-0.4, -0.2) is 49.1 Å². The first-order chi connectivity index (χ1) is 10.6. The van der Waals surface area contributed by atoms with Gasteiger partial charge in [0.05, 0.1) is 17.6 Å². The van der Waals surface area contributed by atoms with Gasteiger partial charge in [-0.25, -0.2) is 23.3 Å². The zero-order chi connectivity index (χ0) is 17.4. The predicted octanol–water partition coefficient (Wildman–Crippen LogP) is -0.830. The summed E-state index contributed by atoms with van der Waals surface area (Å²) in [7, 11) is -2.87. The van der Waals surface area contributed by atoms with Gasteiger partial charge in [0, 0.05) is 25.2 Å². The van der Waals surface area contributed by atoms with E-state index >= 15 is 0 Å². The number of primary sulfonamides is 1. The van der Waals surface area contributed by atoms with Crippen molar-refractivity contribution in [2.75, 3.05) is 18.6 Å². The topological polar surface area (TPSA) is 163 Å². The lowest BCUT2D eigenvalue weighted by molar-refractivity contribution is -0.384. The maximum atomic E-state index is 11.9. The number of hydrogen-bond acceptors (Lipinski definition) is 8. The summed E-state index contributed by atoms with van der Waals surface area (Å²) in [6, 6.07) is 0.908. The molecule has 2 N–H and O–H groups in total. The molecule has 12 heteroatoms. The Morgan fingerprint density at radius 2 is 2.22 bits per heavy atom. The van der Waals surface area contributed by atoms with E-state index in [9.17, 15) is 28.1 Å². The zero-order valence-electron chi connectivity index (χ0n) is 11.8. The molecule has 124 valence electrons. The van der Waals surface area contributed by atoms with E-state index in [1.807, 2.05) is 0 Å². The molecule has 1 fully saturated rings. The Balaban J connectivity index is 2.45. The van der Waals surface area contributed by atoms with E-state index in [0.717, 1.165) is 24.3 Å². The highest BCUT2D eigenvalue weighted by molar-refractivity contribution is 7.89. The van der Waals surface area contributed by atoms with E-state index in [0.29, 0.717) is 0 Å². The number of ether oxygens (including phenoxy) is 1. The zero-order valence-corrected chi connectivity index (χ0v) is 12.6. The number of aromatic nitrogens is 1. The monoisotopic (exact) mass is 344 g/mol. The summed E-state index contributed by atoms with van der Waals surface area (Å²) in [5, 5.41) is 15.0. The van der Waals surface area contributed by atoms with Crippen molar-refractivity contribution in [1.29, 1.82) is 0 Å². The molecule has 0 radical (unpaired) electrons. The number of carbonyl (C=O) groups is 2. The third-order valence-electron chi connectivity index (χ3n) is 3.27. The Morgan fingerprint density at radius 3 is 2.70 bits per heavy atom. The van der Waals surface area contributed by atoms with Crippen molar-refractivity contribution < 1.29 is 27.7 Å². The SMILES string of the molecule is COC(=O)c1cnc(N2CC(S(N)(=O)=O)CC2=O)c([N+](=O)[O-])c1. The third-order valence-corrected chi connectivity index (χ3v) is 4.52. The van der Waals surface area contributed by atoms with Gasteiger partial charge in [0.25, 0.3) is 0 Å². The molecule has 0 bridgehead atoms. The van der Waals surface area contributed by atoms with E-state index in [1.165, 1.54) is 0 Å². The molecule has 0 saturated carbocycles. The summed E-state index contributed by atoms with van der Waals surface area (Å²) in [4.78, 5) is 38.3. The first-order valence-electron chi connectivity index (χ1n) is 6.20. The molecule has 1 aromatic rings. The summed E-state index contributed by atoms with van der Waals surface area (Å²) in [5.41, 5.74) is -0.783. The van der Waals surface area contributed by atoms with Gasteiger partial charge >= 0.3 is 11.7 Å². The van der Waals surface area contributed by atoms with Crippen LogP contribution in [-0.2, 0) is 19.6 Å². The molecule has 1 aliphatic rings. The number of esters is 1. The molecule has 2 rings (SSSR count). The second kappa shape index (κ2) is 5.89. The highest BCUT2D eigenvalue weighted by Crippen LogP contribution is 2.31. The molecule has 11 nitrogen and oxygen atoms in total. The second-order valence-electron chi connectivity index (χ2n) is 4.73. The van der Waals surface area contributed by atoms with Gasteiger partial charge < -0.3 is 4.74 Å². The van der Waals surface area contributed by atoms with Crippen LogP contribution in [0.5, 0.6) is 0 Å². The normalized spacial score (nSPS) is 18.1. The van der Waals surface area contributed by atoms with Crippen LogP contribution in [0.1, 0.15) is 16.8 Å². The van der Waals surface area contributed by atoms with E-state index in [1.54, 1.807) is 0 Å². The Morgan fingerprint density at radius 1 is 1.57 bits per heavy atom. The average molecular weight is 344 g/mol. The minimum absolute atomic E-state index is 0.169. The number of amides is 1. The first kappa shape index (κ1) is 16.8. The smallest absolute Gasteiger partial charge is 0.339 e. The summed E-state index contributed by atoms with van der Waals surface area (Å²) >= 11 is 0. The molecular weight excluding hydrogens is 332 g/mol. The second-order valence-corrected chi connectivity index (χ2v) is 6.58. The van der Waals surface area contributed by atoms with Crippen molar-refractivity contribution in [1.82, 2.24) is 4.98 Å². The molecule has 1 aromatic heterocycles. The average Bonchev–Trinajstić information content (AvgIpc) is 2.87. The number of sulfonamides is 1. The molecule has 2 heterocycles. The van der Waals surface area contributed by atoms with Gasteiger partial charge in [-0.3, -0.25) is 19.8 Å². The minimum atomic E-state index is -3.97. The number of carbonyl (C=O) groups excluding carboxylic acids is 2. The lowest BCUT2D eigenvalue weighted by Gasteiger charge is -2.15. The fourth-order valence-electron chi connectivity index (χ4n) is 2.12. The first-order valence-corrected chi connectivity index (χ1v) is 7.80. The highest BCUT2D eigenvalue weighted by Gasteiger charge is 2.40. The van der Waals surface area contributed by atoms with Crippen molar-refractivity contribution in [3.05, 3.63) is 27.9 Å². The number of hydrogen-bond donors (Lipinski definition) is 1. The Hall–Kier alpha value is -2.60. The van der Waals surface area contributed by atoms with Gasteiger partial charge in [0.2, 0.25) is 21.7 Å². The van der Waals surface area contributed by atoms with E-state index < -0.39 is 44.2 Å². The molecule has 23 heavy (non-hydrogen) atoms. The van der Waals surface area contributed by atoms with Crippen LogP contribution in [0.3, 0.4) is 0 Å². The Labute approximate surface area is 130 Å². The molecule has 1 unspecified atom stereocenters. The fourth-order valence-corrected chi connectivity index (χ4v) is 2.85. The number of methoxy groups -OCH3 is 1. The lowest BCUT2D eigenvalue weighted by atomic mass is 10.2. The quantitative estimate of drug-likeness (QED) is 0.420. The number of rotatable bonds is 4. The van der Waals surface area contributed by atoms with Crippen LogP contribution >= 0.6 is 0 Å². The number of anilines is 1. The van der Waals surface area contributed by atoms with Crippen molar-refractivity contribution >= 4 is 33.4 Å². The Kier molecular flexibility index (Phi) is 4.29. The maximum Gasteiger partial charge on any atom is 0.339 e. The minimum Gasteiger partial charge on any atom is -0.465 e. The molecule has 1 amide bonds. The molecule has 0 spiro atoms. The number of nitro groups is 1. The molecule has 1 aliphatic heterocycles. The van der Waals surface area contributed by atoms with Gasteiger partial charge in [0.1, 0.15) is 5.25 Å². The van der Waals surface area contributed by atoms with Crippen LogP contribution in [0.25, 0.3) is 0 Å². The van der Waals surface area contributed by atoms with Crippen LogP contribution in [0, 0.1) is 10.1 Å². The van der Waals surface area contributed by atoms with Crippen LogP contribution < -0.4 is 10.0 Å². The molecule has 1 saturated heterocycles. The third kappa shape index (κ3) is 3.27. The van der Waals surface area contributed by atoms with Gasteiger partial charge in [-0.15, -0.1) is 0 Å². The number of nitrogens with zero attached hydrogens (tertiary/aromatic N) is 3. The molecule has 1 atom stereocenters. The van der Waals surface area contributed by atoms with Gasteiger partial charge in [-0.1, -0.05) is 0 Å². The lowest BCUT2D eigenvalue weighted by Crippen LogP contribution is -2.32. The standard InChI is InChI=1S/C11H12N4O7S/c1-22-11(17)6-2-8(15(18)19)10(13-4-6)14-5-7(3-9(14)16)23(12,20)21/h2,4,7H,3,5H2,1H3,(H2,12,20,21). The van der Waals surface area contributed by atoms with Crippen molar-refractivity contribution in [2.24, 2.45) is 5.14 Å². The summed E-state index contributed by atoms with van der Waals surface area (Å²) in [6.07, 6.45) is 0.613. The number of nitrogens with two attached hydrogens (primary N) is 1. The van der Waals surface area contributed by atoms with Crippen LogP contribution in [0.2, 0.25) is 0 Å². The largest absolute Gasteiger partial charge is 0.465 e. The predicted molar refractivity (Wildman–Crippen MR) is 76.1 cm³/mol. The van der Waals surface area contributed by atoms with Crippen molar-refractivity contribution in [2.45, 2.75) is 11.7 Å². The van der Waals surface area contributed by atoms with Gasteiger partial charge in [0.15, 0.2) is 0 Å². The van der Waals surface area contributed by atoms with E-state index in [4.69, 9.17) is 5.14 Å². The van der Waals surface area contributed by atoms with Crippen molar-refractivity contribution in [3.8, 4) is 0 Å².